The number of hydrogen-bond acceptors (Lipinski definition) is 4. The fourth-order valence-electron chi connectivity index (χ4n) is 1.81. The highest BCUT2D eigenvalue weighted by Gasteiger charge is 2.16. The van der Waals surface area contributed by atoms with Gasteiger partial charge in [0, 0.05) is 11.6 Å². The smallest absolute Gasteiger partial charge is 0.127 e. The molecule has 0 aliphatic heterocycles. The van der Waals surface area contributed by atoms with E-state index in [1.54, 1.807) is 14.2 Å². The Morgan fingerprint density at radius 1 is 1.21 bits per heavy atom. The second kappa shape index (κ2) is 8.02. The van der Waals surface area contributed by atoms with E-state index in [-0.39, 0.29) is 12.1 Å². The highest BCUT2D eigenvalue weighted by atomic mass is 16.5. The van der Waals surface area contributed by atoms with Gasteiger partial charge in [-0.2, -0.15) is 0 Å². The minimum absolute atomic E-state index is 0.106. The molecule has 108 valence electrons. The van der Waals surface area contributed by atoms with Crippen molar-refractivity contribution in [3.8, 4) is 11.5 Å². The molecule has 0 aliphatic rings. The second-order valence-electron chi connectivity index (χ2n) is 4.50. The van der Waals surface area contributed by atoms with Gasteiger partial charge in [0.05, 0.1) is 33.0 Å². The summed E-state index contributed by atoms with van der Waals surface area (Å²) in [6, 6.07) is 5.95. The lowest BCUT2D eigenvalue weighted by Gasteiger charge is -2.21. The van der Waals surface area contributed by atoms with Crippen LogP contribution >= 0.6 is 0 Å². The van der Waals surface area contributed by atoms with E-state index in [1.165, 1.54) is 0 Å². The average Bonchev–Trinajstić information content (AvgIpc) is 2.47. The maximum atomic E-state index is 5.81. The van der Waals surface area contributed by atoms with Gasteiger partial charge in [-0.25, -0.2) is 0 Å². The predicted octanol–water partition coefficient (Wildman–Crippen LogP) is 2.78. The molecule has 1 aromatic rings. The van der Waals surface area contributed by atoms with Crippen LogP contribution in [0, 0.1) is 0 Å². The van der Waals surface area contributed by atoms with E-state index in [0.717, 1.165) is 23.5 Å². The predicted molar refractivity (Wildman–Crippen MR) is 77.1 cm³/mol. The molecule has 2 unspecified atom stereocenters. The molecule has 0 radical (unpaired) electrons. The number of methoxy groups -OCH3 is 2. The van der Waals surface area contributed by atoms with E-state index >= 15 is 0 Å². The first-order valence-corrected chi connectivity index (χ1v) is 6.67. The van der Waals surface area contributed by atoms with Gasteiger partial charge in [0.1, 0.15) is 11.5 Å². The lowest BCUT2D eigenvalue weighted by atomic mass is 10.1. The fourth-order valence-corrected chi connectivity index (χ4v) is 1.81. The number of likely N-dealkylation sites (N-methyl/N-ethyl adjacent to an activating group) is 1. The van der Waals surface area contributed by atoms with Crippen LogP contribution in [0.3, 0.4) is 0 Å². The summed E-state index contributed by atoms with van der Waals surface area (Å²) >= 11 is 0. The molecule has 0 aliphatic carbocycles. The van der Waals surface area contributed by atoms with Gasteiger partial charge in [-0.05, 0) is 32.5 Å². The van der Waals surface area contributed by atoms with E-state index in [2.05, 4.69) is 19.2 Å². The molecule has 0 bridgehead atoms. The molecule has 1 rings (SSSR count). The first kappa shape index (κ1) is 15.8. The van der Waals surface area contributed by atoms with Gasteiger partial charge in [0.25, 0.3) is 0 Å². The van der Waals surface area contributed by atoms with Crippen molar-refractivity contribution in [2.45, 2.75) is 32.4 Å². The maximum absolute atomic E-state index is 5.81. The Kier molecular flexibility index (Phi) is 6.67. The van der Waals surface area contributed by atoms with Gasteiger partial charge in [0.15, 0.2) is 0 Å². The third-order valence-electron chi connectivity index (χ3n) is 3.29. The molecule has 0 fully saturated rings. The van der Waals surface area contributed by atoms with Crippen LogP contribution in [0.5, 0.6) is 11.5 Å². The third-order valence-corrected chi connectivity index (χ3v) is 3.29. The van der Waals surface area contributed by atoms with Crippen molar-refractivity contribution in [1.82, 2.24) is 5.32 Å². The molecule has 4 heteroatoms. The van der Waals surface area contributed by atoms with Gasteiger partial charge >= 0.3 is 0 Å². The Morgan fingerprint density at radius 2 is 1.95 bits per heavy atom. The molecule has 1 aromatic carbocycles. The lowest BCUT2D eigenvalue weighted by molar-refractivity contribution is 0.0483. The van der Waals surface area contributed by atoms with Gasteiger partial charge in [0.2, 0.25) is 0 Å². The zero-order chi connectivity index (χ0) is 14.3. The maximum Gasteiger partial charge on any atom is 0.127 e. The van der Waals surface area contributed by atoms with Crippen LogP contribution in [0.2, 0.25) is 0 Å². The Labute approximate surface area is 116 Å². The van der Waals surface area contributed by atoms with Crippen LogP contribution in [0.15, 0.2) is 18.2 Å². The van der Waals surface area contributed by atoms with E-state index in [4.69, 9.17) is 14.2 Å². The molecular formula is C15H25NO3. The third kappa shape index (κ3) is 4.40. The van der Waals surface area contributed by atoms with Crippen LogP contribution in [0.25, 0.3) is 0 Å². The molecule has 0 amide bonds. The van der Waals surface area contributed by atoms with Crippen molar-refractivity contribution in [3.63, 3.8) is 0 Å². The molecule has 4 nitrogen and oxygen atoms in total. The summed E-state index contributed by atoms with van der Waals surface area (Å²) in [4.78, 5) is 0. The zero-order valence-corrected chi connectivity index (χ0v) is 12.5. The minimum Gasteiger partial charge on any atom is -0.497 e. The van der Waals surface area contributed by atoms with E-state index in [0.29, 0.717) is 6.61 Å². The van der Waals surface area contributed by atoms with Crippen molar-refractivity contribution >= 4 is 0 Å². The van der Waals surface area contributed by atoms with E-state index in [9.17, 15) is 0 Å². The van der Waals surface area contributed by atoms with Gasteiger partial charge in [-0.15, -0.1) is 0 Å². The largest absolute Gasteiger partial charge is 0.497 e. The Bertz CT molecular complexity index is 382. The van der Waals surface area contributed by atoms with Crippen LogP contribution in [0.1, 0.15) is 31.9 Å². The van der Waals surface area contributed by atoms with Crippen molar-refractivity contribution in [3.05, 3.63) is 23.8 Å². The molecule has 1 N–H and O–H groups in total. The summed E-state index contributed by atoms with van der Waals surface area (Å²) in [5.74, 6) is 1.60. The molecule has 2 atom stereocenters. The second-order valence-corrected chi connectivity index (χ2v) is 4.50. The van der Waals surface area contributed by atoms with Crippen molar-refractivity contribution in [1.29, 1.82) is 0 Å². The van der Waals surface area contributed by atoms with Gasteiger partial charge in [-0.1, -0.05) is 6.92 Å². The summed E-state index contributed by atoms with van der Waals surface area (Å²) in [5.41, 5.74) is 1.08. The molecular weight excluding hydrogens is 242 g/mol. The molecule has 0 saturated carbocycles. The first-order valence-electron chi connectivity index (χ1n) is 6.67. The molecule has 0 heterocycles. The van der Waals surface area contributed by atoms with Gasteiger partial charge < -0.3 is 19.5 Å². The zero-order valence-electron chi connectivity index (χ0n) is 12.5. The SMILES string of the molecule is CCC(C)OCC(NC)c1ccc(OC)cc1OC. The molecule has 0 aromatic heterocycles. The Balaban J connectivity index is 2.85. The van der Waals surface area contributed by atoms with Crippen molar-refractivity contribution in [2.24, 2.45) is 0 Å². The number of rotatable bonds is 8. The summed E-state index contributed by atoms with van der Waals surface area (Å²) < 4.78 is 16.4. The summed E-state index contributed by atoms with van der Waals surface area (Å²) in [7, 11) is 5.24. The van der Waals surface area contributed by atoms with Crippen LogP contribution in [-0.2, 0) is 4.74 Å². The van der Waals surface area contributed by atoms with Crippen LogP contribution < -0.4 is 14.8 Å². The molecule has 19 heavy (non-hydrogen) atoms. The highest BCUT2D eigenvalue weighted by Crippen LogP contribution is 2.29. The molecule has 0 saturated heterocycles. The van der Waals surface area contributed by atoms with Crippen molar-refractivity contribution in [2.75, 3.05) is 27.9 Å². The molecule has 0 spiro atoms. The van der Waals surface area contributed by atoms with Crippen LogP contribution in [0.4, 0.5) is 0 Å². The first-order chi connectivity index (χ1) is 9.15. The number of nitrogens with one attached hydrogen (secondary N) is 1. The monoisotopic (exact) mass is 267 g/mol. The summed E-state index contributed by atoms with van der Waals surface area (Å²) in [6.07, 6.45) is 1.27. The minimum atomic E-state index is 0.106. The summed E-state index contributed by atoms with van der Waals surface area (Å²) in [6.45, 7) is 4.82. The highest BCUT2D eigenvalue weighted by molar-refractivity contribution is 5.42. The number of ether oxygens (including phenoxy) is 3. The standard InChI is InChI=1S/C15H25NO3/c1-6-11(2)19-10-14(16-3)13-8-7-12(17-4)9-15(13)18-5/h7-9,11,14,16H,6,10H2,1-5H3. The van der Waals surface area contributed by atoms with E-state index < -0.39 is 0 Å². The normalized spacial score (nSPS) is 13.9. The summed E-state index contributed by atoms with van der Waals surface area (Å²) in [5, 5.41) is 3.26. The number of hydrogen-bond donors (Lipinski definition) is 1. The lowest BCUT2D eigenvalue weighted by Crippen LogP contribution is -2.24. The van der Waals surface area contributed by atoms with Gasteiger partial charge in [-0.3, -0.25) is 0 Å². The van der Waals surface area contributed by atoms with E-state index in [1.807, 2.05) is 25.2 Å². The topological polar surface area (TPSA) is 39.7 Å². The number of benzene rings is 1. The quantitative estimate of drug-likeness (QED) is 0.786. The Morgan fingerprint density at radius 3 is 2.47 bits per heavy atom. The fraction of sp³-hybridized carbons (Fsp3) is 0.600. The van der Waals surface area contributed by atoms with Crippen LogP contribution in [-0.4, -0.2) is 34.0 Å². The van der Waals surface area contributed by atoms with Crippen molar-refractivity contribution < 1.29 is 14.2 Å². The Hall–Kier alpha value is -1.26. The average molecular weight is 267 g/mol.